The highest BCUT2D eigenvalue weighted by Crippen LogP contribution is 1.98. The first kappa shape index (κ1) is 8.73. The Kier molecular flexibility index (Phi) is 2.44. The third kappa shape index (κ3) is 2.35. The van der Waals surface area contributed by atoms with Crippen LogP contribution in [-0.2, 0) is 6.54 Å². The number of nitrogens with zero attached hydrogens (tertiary/aromatic N) is 2. The standard InChI is InChI=1S/C7H11N3O2/c1-10(2)4-5-8-6(11)3-7(12)9-5/h3H,4H2,1-2H3,(H2,8,9,11,12). The largest absolute Gasteiger partial charge is 0.493 e. The van der Waals surface area contributed by atoms with Gasteiger partial charge in [0.15, 0.2) is 0 Å². The van der Waals surface area contributed by atoms with E-state index in [4.69, 9.17) is 5.11 Å². The lowest BCUT2D eigenvalue weighted by atomic mass is 10.5. The minimum atomic E-state index is -0.334. The summed E-state index contributed by atoms with van der Waals surface area (Å²) >= 11 is 0. The fraction of sp³-hybridized carbons (Fsp3) is 0.429. The number of nitrogens with one attached hydrogen (secondary N) is 1. The molecule has 0 aliphatic rings. The SMILES string of the molecule is CN(C)Cc1nc(O)cc(=O)[nH]1. The summed E-state index contributed by atoms with van der Waals surface area (Å²) in [6, 6.07) is 1.04. The highest BCUT2D eigenvalue weighted by Gasteiger charge is 1.99. The summed E-state index contributed by atoms with van der Waals surface area (Å²) in [5.74, 6) is 0.223. The van der Waals surface area contributed by atoms with Crippen LogP contribution in [0.4, 0.5) is 0 Å². The molecule has 1 heterocycles. The van der Waals surface area contributed by atoms with Crippen LogP contribution >= 0.6 is 0 Å². The zero-order valence-electron chi connectivity index (χ0n) is 7.03. The molecule has 0 spiro atoms. The first-order valence-corrected chi connectivity index (χ1v) is 3.52. The highest BCUT2D eigenvalue weighted by molar-refractivity contribution is 5.06. The second kappa shape index (κ2) is 3.36. The minimum Gasteiger partial charge on any atom is -0.493 e. The van der Waals surface area contributed by atoms with Crippen molar-refractivity contribution in [2.75, 3.05) is 14.1 Å². The van der Waals surface area contributed by atoms with Gasteiger partial charge in [0, 0.05) is 0 Å². The number of aromatic nitrogens is 2. The van der Waals surface area contributed by atoms with Crippen molar-refractivity contribution >= 4 is 0 Å². The first-order valence-electron chi connectivity index (χ1n) is 3.52. The number of rotatable bonds is 2. The van der Waals surface area contributed by atoms with Crippen molar-refractivity contribution in [3.63, 3.8) is 0 Å². The van der Waals surface area contributed by atoms with Gasteiger partial charge < -0.3 is 15.0 Å². The topological polar surface area (TPSA) is 69.2 Å². The van der Waals surface area contributed by atoms with Crippen molar-refractivity contribution in [2.24, 2.45) is 0 Å². The molecule has 0 amide bonds. The Morgan fingerprint density at radius 3 is 2.83 bits per heavy atom. The summed E-state index contributed by atoms with van der Waals surface area (Å²) in [6.07, 6.45) is 0. The molecule has 0 bridgehead atoms. The quantitative estimate of drug-likeness (QED) is 0.628. The van der Waals surface area contributed by atoms with Gasteiger partial charge in [-0.1, -0.05) is 0 Å². The van der Waals surface area contributed by atoms with Gasteiger partial charge in [-0.05, 0) is 14.1 Å². The molecular formula is C7H11N3O2. The maximum absolute atomic E-state index is 10.8. The minimum absolute atomic E-state index is 0.240. The number of hydrogen-bond acceptors (Lipinski definition) is 4. The molecule has 1 rings (SSSR count). The molecule has 0 radical (unpaired) electrons. The molecule has 0 unspecified atom stereocenters. The van der Waals surface area contributed by atoms with E-state index in [9.17, 15) is 4.79 Å². The van der Waals surface area contributed by atoms with Crippen LogP contribution in [0.15, 0.2) is 10.9 Å². The third-order valence-corrected chi connectivity index (χ3v) is 1.24. The highest BCUT2D eigenvalue weighted by atomic mass is 16.3. The van der Waals surface area contributed by atoms with E-state index in [0.717, 1.165) is 6.07 Å². The van der Waals surface area contributed by atoms with Crippen molar-refractivity contribution < 1.29 is 5.11 Å². The van der Waals surface area contributed by atoms with Gasteiger partial charge in [0.05, 0.1) is 12.6 Å². The molecule has 0 aromatic carbocycles. The third-order valence-electron chi connectivity index (χ3n) is 1.24. The molecule has 0 aliphatic heterocycles. The van der Waals surface area contributed by atoms with Crippen LogP contribution in [0.5, 0.6) is 5.88 Å². The fourth-order valence-electron chi connectivity index (χ4n) is 0.868. The molecule has 5 nitrogen and oxygen atoms in total. The Morgan fingerprint density at radius 1 is 1.67 bits per heavy atom. The van der Waals surface area contributed by atoms with Gasteiger partial charge in [-0.3, -0.25) is 4.79 Å². The maximum atomic E-state index is 10.8. The second-order valence-electron chi connectivity index (χ2n) is 2.79. The Morgan fingerprint density at radius 2 is 2.33 bits per heavy atom. The van der Waals surface area contributed by atoms with Crippen molar-refractivity contribution in [3.05, 3.63) is 22.2 Å². The van der Waals surface area contributed by atoms with Gasteiger partial charge >= 0.3 is 0 Å². The number of H-pyrrole nitrogens is 1. The van der Waals surface area contributed by atoms with Gasteiger partial charge in [-0.15, -0.1) is 0 Å². The second-order valence-corrected chi connectivity index (χ2v) is 2.79. The van der Waals surface area contributed by atoms with E-state index in [1.165, 1.54) is 0 Å². The van der Waals surface area contributed by atoms with Gasteiger partial charge in [0.2, 0.25) is 5.88 Å². The van der Waals surface area contributed by atoms with Gasteiger partial charge in [-0.2, -0.15) is 4.98 Å². The zero-order valence-corrected chi connectivity index (χ0v) is 7.03. The van der Waals surface area contributed by atoms with E-state index < -0.39 is 0 Å². The molecule has 0 saturated carbocycles. The predicted octanol–water partition coefficient (Wildman–Crippen LogP) is -0.463. The Labute approximate surface area is 69.7 Å². The lowest BCUT2D eigenvalue weighted by Crippen LogP contribution is -2.17. The molecule has 1 aromatic heterocycles. The molecule has 1 aromatic rings. The average Bonchev–Trinajstić information content (AvgIpc) is 1.81. The predicted molar refractivity (Wildman–Crippen MR) is 43.9 cm³/mol. The molecule has 12 heavy (non-hydrogen) atoms. The Balaban J connectivity index is 2.93. The monoisotopic (exact) mass is 169 g/mol. The number of hydrogen-bond donors (Lipinski definition) is 2. The molecule has 2 N–H and O–H groups in total. The van der Waals surface area contributed by atoms with E-state index in [1.54, 1.807) is 0 Å². The molecule has 5 heteroatoms. The van der Waals surface area contributed by atoms with Crippen molar-refractivity contribution in [1.29, 1.82) is 0 Å². The zero-order chi connectivity index (χ0) is 9.14. The number of aromatic hydroxyl groups is 1. The van der Waals surface area contributed by atoms with Crippen LogP contribution < -0.4 is 5.56 Å². The summed E-state index contributed by atoms with van der Waals surface area (Å²) in [6.45, 7) is 0.504. The summed E-state index contributed by atoms with van der Waals surface area (Å²) in [5, 5.41) is 8.96. The summed E-state index contributed by atoms with van der Waals surface area (Å²) in [5.41, 5.74) is -0.334. The van der Waals surface area contributed by atoms with Crippen LogP contribution in [-0.4, -0.2) is 34.1 Å². The van der Waals surface area contributed by atoms with E-state index >= 15 is 0 Å². The van der Waals surface area contributed by atoms with Crippen LogP contribution in [0.1, 0.15) is 5.82 Å². The number of aromatic amines is 1. The average molecular weight is 169 g/mol. The van der Waals surface area contributed by atoms with Crippen LogP contribution in [0.25, 0.3) is 0 Å². The molecular weight excluding hydrogens is 158 g/mol. The maximum Gasteiger partial charge on any atom is 0.254 e. The fourth-order valence-corrected chi connectivity index (χ4v) is 0.868. The lowest BCUT2D eigenvalue weighted by Gasteiger charge is -2.07. The summed E-state index contributed by atoms with van der Waals surface area (Å²) in [4.78, 5) is 18.9. The molecule has 0 aliphatic carbocycles. The van der Waals surface area contributed by atoms with Gasteiger partial charge in [0.25, 0.3) is 5.56 Å². The van der Waals surface area contributed by atoms with Crippen LogP contribution in [0.2, 0.25) is 0 Å². The smallest absolute Gasteiger partial charge is 0.254 e. The van der Waals surface area contributed by atoms with Crippen molar-refractivity contribution in [1.82, 2.24) is 14.9 Å². The van der Waals surface area contributed by atoms with Gasteiger partial charge in [-0.25, -0.2) is 0 Å². The molecule has 66 valence electrons. The first-order chi connectivity index (χ1) is 5.58. The van der Waals surface area contributed by atoms with E-state index in [2.05, 4.69) is 9.97 Å². The lowest BCUT2D eigenvalue weighted by molar-refractivity contribution is 0.381. The van der Waals surface area contributed by atoms with E-state index in [0.29, 0.717) is 12.4 Å². The Hall–Kier alpha value is -1.36. The van der Waals surface area contributed by atoms with Crippen LogP contribution in [0, 0.1) is 0 Å². The van der Waals surface area contributed by atoms with E-state index in [1.807, 2.05) is 19.0 Å². The van der Waals surface area contributed by atoms with Crippen molar-refractivity contribution in [3.8, 4) is 5.88 Å². The van der Waals surface area contributed by atoms with E-state index in [-0.39, 0.29) is 11.4 Å². The normalized spacial score (nSPS) is 10.6. The van der Waals surface area contributed by atoms with Gasteiger partial charge in [0.1, 0.15) is 5.82 Å². The summed E-state index contributed by atoms with van der Waals surface area (Å²) in [7, 11) is 3.70. The van der Waals surface area contributed by atoms with Crippen molar-refractivity contribution in [2.45, 2.75) is 6.54 Å². The summed E-state index contributed by atoms with van der Waals surface area (Å²) < 4.78 is 0. The van der Waals surface area contributed by atoms with Crippen LogP contribution in [0.3, 0.4) is 0 Å². The molecule has 0 saturated heterocycles. The molecule has 0 fully saturated rings. The molecule has 0 atom stereocenters. The Bertz CT molecular complexity index is 319.